The zero-order valence-electron chi connectivity index (χ0n) is 11.3. The van der Waals surface area contributed by atoms with Gasteiger partial charge in [0.05, 0.1) is 13.6 Å². The second kappa shape index (κ2) is 6.67. The van der Waals surface area contributed by atoms with Crippen LogP contribution in [0.2, 0.25) is 0 Å². The first-order valence-corrected chi connectivity index (χ1v) is 7.60. The van der Waals surface area contributed by atoms with Crippen LogP contribution < -0.4 is 10.9 Å². The van der Waals surface area contributed by atoms with Gasteiger partial charge in [0.15, 0.2) is 0 Å². The van der Waals surface area contributed by atoms with Crippen LogP contribution in [0, 0.1) is 17.0 Å². The Labute approximate surface area is 137 Å². The summed E-state index contributed by atoms with van der Waals surface area (Å²) >= 11 is 4.45. The van der Waals surface area contributed by atoms with Crippen molar-refractivity contribution in [1.82, 2.24) is 10.9 Å². The molecule has 22 heavy (non-hydrogen) atoms. The summed E-state index contributed by atoms with van der Waals surface area (Å²) in [6.45, 7) is 1.58. The minimum absolute atomic E-state index is 0.0879. The molecular weight excluding hydrogens is 374 g/mol. The van der Waals surface area contributed by atoms with Crippen molar-refractivity contribution in [3.05, 3.63) is 60.2 Å². The highest BCUT2D eigenvalue weighted by atomic mass is 79.9. The lowest BCUT2D eigenvalue weighted by molar-refractivity contribution is -0.385. The van der Waals surface area contributed by atoms with E-state index in [2.05, 4.69) is 26.8 Å². The van der Waals surface area contributed by atoms with Gasteiger partial charge in [0.1, 0.15) is 0 Å². The van der Waals surface area contributed by atoms with Crippen LogP contribution in [0.1, 0.15) is 25.6 Å². The summed E-state index contributed by atoms with van der Waals surface area (Å²) in [5.74, 6) is -1.10. The number of thiophene rings is 1. The molecule has 0 unspecified atom stereocenters. The SMILES string of the molecule is Cc1ccc(C(=O)NNC(=O)c2ccc(Br)s2)cc1[N+](=O)[O-]. The zero-order chi connectivity index (χ0) is 16.3. The van der Waals surface area contributed by atoms with Gasteiger partial charge < -0.3 is 0 Å². The first kappa shape index (κ1) is 16.1. The van der Waals surface area contributed by atoms with Crippen LogP contribution in [0.25, 0.3) is 0 Å². The normalized spacial score (nSPS) is 10.1. The molecule has 9 heteroatoms. The van der Waals surface area contributed by atoms with Crippen LogP contribution in [0.3, 0.4) is 0 Å². The zero-order valence-corrected chi connectivity index (χ0v) is 13.7. The minimum atomic E-state index is -0.632. The Balaban J connectivity index is 2.05. The maximum absolute atomic E-state index is 11.9. The van der Waals surface area contributed by atoms with Gasteiger partial charge in [-0.25, -0.2) is 0 Å². The number of nitro benzene ring substituents is 1. The van der Waals surface area contributed by atoms with Gasteiger partial charge in [-0.15, -0.1) is 11.3 Å². The number of aryl methyl sites for hydroxylation is 1. The summed E-state index contributed by atoms with van der Waals surface area (Å²) in [5, 5.41) is 10.9. The summed E-state index contributed by atoms with van der Waals surface area (Å²) < 4.78 is 0.790. The van der Waals surface area contributed by atoms with Gasteiger partial charge in [-0.3, -0.25) is 30.6 Å². The van der Waals surface area contributed by atoms with Crippen molar-refractivity contribution in [2.75, 3.05) is 0 Å². The van der Waals surface area contributed by atoms with Crippen LogP contribution in [0.5, 0.6) is 0 Å². The standard InChI is InChI=1S/C13H10BrN3O4S/c1-7-2-3-8(6-9(7)17(20)21)12(18)15-16-13(19)10-4-5-11(14)22-10/h2-6H,1H3,(H,15,18)(H,16,19). The Kier molecular flexibility index (Phi) is 4.88. The van der Waals surface area contributed by atoms with Crippen LogP contribution in [-0.2, 0) is 0 Å². The van der Waals surface area contributed by atoms with Gasteiger partial charge in [-0.1, -0.05) is 6.07 Å². The fourth-order valence-corrected chi connectivity index (χ4v) is 2.91. The topological polar surface area (TPSA) is 101 Å². The third-order valence-electron chi connectivity index (χ3n) is 2.75. The number of rotatable bonds is 3. The van der Waals surface area contributed by atoms with E-state index >= 15 is 0 Å². The molecule has 0 radical (unpaired) electrons. The fourth-order valence-electron chi connectivity index (χ4n) is 1.63. The monoisotopic (exact) mass is 383 g/mol. The van der Waals surface area contributed by atoms with E-state index in [1.54, 1.807) is 19.1 Å². The van der Waals surface area contributed by atoms with E-state index < -0.39 is 16.7 Å². The molecule has 2 rings (SSSR count). The third kappa shape index (κ3) is 3.68. The molecule has 114 valence electrons. The Morgan fingerprint density at radius 3 is 2.45 bits per heavy atom. The number of hydrogen-bond acceptors (Lipinski definition) is 5. The van der Waals surface area contributed by atoms with Crippen molar-refractivity contribution >= 4 is 44.8 Å². The van der Waals surface area contributed by atoms with Gasteiger partial charge in [0.2, 0.25) is 0 Å². The molecule has 7 nitrogen and oxygen atoms in total. The number of carbonyl (C=O) groups is 2. The number of amides is 2. The lowest BCUT2D eigenvalue weighted by atomic mass is 10.1. The van der Waals surface area contributed by atoms with E-state index in [0.29, 0.717) is 10.4 Å². The van der Waals surface area contributed by atoms with Crippen LogP contribution in [0.15, 0.2) is 34.1 Å². The summed E-state index contributed by atoms with van der Waals surface area (Å²) in [5.41, 5.74) is 4.87. The molecule has 0 atom stereocenters. The largest absolute Gasteiger partial charge is 0.279 e. The Morgan fingerprint density at radius 1 is 1.18 bits per heavy atom. The molecule has 0 bridgehead atoms. The van der Waals surface area contributed by atoms with E-state index in [9.17, 15) is 19.7 Å². The minimum Gasteiger partial charge on any atom is -0.267 e. The number of nitrogens with zero attached hydrogens (tertiary/aromatic N) is 1. The molecule has 1 aromatic heterocycles. The molecule has 0 saturated carbocycles. The lowest BCUT2D eigenvalue weighted by Gasteiger charge is -2.06. The van der Waals surface area contributed by atoms with Gasteiger partial charge in [0.25, 0.3) is 17.5 Å². The maximum atomic E-state index is 11.9. The number of hydrazine groups is 1. The van der Waals surface area contributed by atoms with Crippen molar-refractivity contribution in [2.45, 2.75) is 6.92 Å². The maximum Gasteiger partial charge on any atom is 0.279 e. The summed E-state index contributed by atoms with van der Waals surface area (Å²) in [6.07, 6.45) is 0. The molecule has 0 aliphatic rings. The highest BCUT2D eigenvalue weighted by Crippen LogP contribution is 2.22. The second-order valence-electron chi connectivity index (χ2n) is 4.27. The van der Waals surface area contributed by atoms with Crippen LogP contribution in [-0.4, -0.2) is 16.7 Å². The Bertz CT molecular complexity index is 759. The van der Waals surface area contributed by atoms with Crippen molar-refractivity contribution in [3.8, 4) is 0 Å². The molecule has 0 aliphatic heterocycles. The van der Waals surface area contributed by atoms with E-state index in [1.165, 1.54) is 29.5 Å². The molecule has 0 aliphatic carbocycles. The molecule has 0 fully saturated rings. The van der Waals surface area contributed by atoms with Gasteiger partial charge in [-0.05, 0) is 41.1 Å². The van der Waals surface area contributed by atoms with E-state index in [0.717, 1.165) is 3.79 Å². The number of halogens is 1. The van der Waals surface area contributed by atoms with Crippen molar-refractivity contribution in [3.63, 3.8) is 0 Å². The number of carbonyl (C=O) groups excluding carboxylic acids is 2. The quantitative estimate of drug-likeness (QED) is 0.628. The molecule has 0 saturated heterocycles. The van der Waals surface area contributed by atoms with E-state index in [-0.39, 0.29) is 11.3 Å². The summed E-state index contributed by atoms with van der Waals surface area (Å²) in [7, 11) is 0. The predicted molar refractivity (Wildman–Crippen MR) is 84.8 cm³/mol. The van der Waals surface area contributed by atoms with E-state index in [1.807, 2.05) is 0 Å². The summed E-state index contributed by atoms with van der Waals surface area (Å²) in [6, 6.07) is 7.41. The predicted octanol–water partition coefficient (Wildman–Crippen LogP) is 2.80. The number of benzene rings is 1. The molecule has 0 spiro atoms. The molecule has 2 amide bonds. The smallest absolute Gasteiger partial charge is 0.267 e. The number of nitrogens with one attached hydrogen (secondary N) is 2. The highest BCUT2D eigenvalue weighted by Gasteiger charge is 2.16. The Hall–Kier alpha value is -2.26. The Morgan fingerprint density at radius 2 is 1.86 bits per heavy atom. The molecule has 1 heterocycles. The van der Waals surface area contributed by atoms with Crippen molar-refractivity contribution in [2.24, 2.45) is 0 Å². The molecular formula is C13H10BrN3O4S. The lowest BCUT2D eigenvalue weighted by Crippen LogP contribution is -2.41. The molecule has 2 N–H and O–H groups in total. The average Bonchev–Trinajstić information content (AvgIpc) is 2.91. The molecule has 2 aromatic rings. The van der Waals surface area contributed by atoms with Crippen LogP contribution in [0.4, 0.5) is 5.69 Å². The van der Waals surface area contributed by atoms with Gasteiger partial charge in [0, 0.05) is 17.2 Å². The fraction of sp³-hybridized carbons (Fsp3) is 0.0769. The first-order chi connectivity index (χ1) is 10.4. The van der Waals surface area contributed by atoms with Crippen molar-refractivity contribution in [1.29, 1.82) is 0 Å². The van der Waals surface area contributed by atoms with Crippen molar-refractivity contribution < 1.29 is 14.5 Å². The summed E-state index contributed by atoms with van der Waals surface area (Å²) in [4.78, 5) is 34.4. The average molecular weight is 384 g/mol. The van der Waals surface area contributed by atoms with Gasteiger partial charge in [-0.2, -0.15) is 0 Å². The third-order valence-corrected chi connectivity index (χ3v) is 4.38. The highest BCUT2D eigenvalue weighted by molar-refractivity contribution is 9.11. The van der Waals surface area contributed by atoms with E-state index in [4.69, 9.17) is 0 Å². The number of hydrogen-bond donors (Lipinski definition) is 2. The van der Waals surface area contributed by atoms with Gasteiger partial charge >= 0.3 is 0 Å². The second-order valence-corrected chi connectivity index (χ2v) is 6.73. The van der Waals surface area contributed by atoms with Crippen LogP contribution >= 0.6 is 27.3 Å². The number of nitro groups is 1. The first-order valence-electron chi connectivity index (χ1n) is 5.99. The molecule has 1 aromatic carbocycles.